The number of aliphatic hydroxyl groups excluding tert-OH is 2. The maximum absolute atomic E-state index is 14.5. The second-order valence-corrected chi connectivity index (χ2v) is 16.4. The molecule has 1 aromatic rings. The van der Waals surface area contributed by atoms with Crippen LogP contribution in [0.5, 0.6) is 5.75 Å². The summed E-state index contributed by atoms with van der Waals surface area (Å²) < 4.78 is 11.1. The first-order chi connectivity index (χ1) is 28.3. The molecular weight excluding hydrogens is 782 g/mol. The number of methoxy groups -OCH3 is 1. The minimum atomic E-state index is -1.72. The van der Waals surface area contributed by atoms with Crippen LogP contribution in [-0.2, 0) is 49.5 Å². The second-order valence-electron chi connectivity index (χ2n) is 16.4. The van der Waals surface area contributed by atoms with Crippen molar-refractivity contribution in [2.24, 2.45) is 11.8 Å². The van der Waals surface area contributed by atoms with Gasteiger partial charge in [0.15, 0.2) is 0 Å². The van der Waals surface area contributed by atoms with Crippen LogP contribution in [0.3, 0.4) is 0 Å². The van der Waals surface area contributed by atoms with Gasteiger partial charge < -0.3 is 56.1 Å². The van der Waals surface area contributed by atoms with Crippen LogP contribution < -0.4 is 31.3 Å². The normalized spacial score (nSPS) is 29.9. The maximum atomic E-state index is 14.5. The number of nitrogens with one attached hydrogen (secondary N) is 5. The molecule has 4 rings (SSSR count). The summed E-state index contributed by atoms with van der Waals surface area (Å²) in [5.74, 6) is -6.56. The predicted molar refractivity (Wildman–Crippen MR) is 214 cm³/mol. The van der Waals surface area contributed by atoms with E-state index < -0.39 is 108 Å². The number of hydrogen-bond donors (Lipinski definition) is 7. The van der Waals surface area contributed by atoms with E-state index in [9.17, 15) is 48.6 Å². The highest BCUT2D eigenvalue weighted by Gasteiger charge is 2.47. The van der Waals surface area contributed by atoms with Crippen LogP contribution in [0.25, 0.3) is 0 Å². The Labute approximate surface area is 350 Å². The molecule has 3 aliphatic heterocycles. The lowest BCUT2D eigenvalue weighted by Gasteiger charge is -2.43. The SMILES string of the molecule is CC[C@H](C)[C@@H]1NC(=O)[C@H](Cc2ccc(OC)cc2)N(C)C(=O)[C@H]([C@H](C)O)N2C(=O)[C@H](CC[C@H]2O)NC(=O)[C@H](CC(C)C)NC(=O)[C@@H](NC(=O)[C@@H]2CCC(=O)N2)[C@@H](C)OC1=O. The Hall–Kier alpha value is -5.30. The van der Waals surface area contributed by atoms with Gasteiger partial charge in [0.05, 0.1) is 13.2 Å². The summed E-state index contributed by atoms with van der Waals surface area (Å²) in [6, 6.07) is -2.91. The van der Waals surface area contributed by atoms with E-state index in [0.29, 0.717) is 17.7 Å². The molecule has 1 aromatic carbocycles. The van der Waals surface area contributed by atoms with Crippen LogP contribution in [0, 0.1) is 11.8 Å². The number of esters is 1. The van der Waals surface area contributed by atoms with E-state index in [0.717, 1.165) is 9.80 Å². The number of benzene rings is 1. The Bertz CT molecular complexity index is 1760. The predicted octanol–water partition coefficient (Wildman–Crippen LogP) is -0.990. The number of amides is 7. The molecule has 7 amide bonds. The number of carbonyl (C=O) groups is 8. The number of hydrogen-bond acceptors (Lipinski definition) is 12. The van der Waals surface area contributed by atoms with Gasteiger partial charge in [-0.1, -0.05) is 46.2 Å². The summed E-state index contributed by atoms with van der Waals surface area (Å²) in [4.78, 5) is 113. The van der Waals surface area contributed by atoms with E-state index >= 15 is 0 Å². The average Bonchev–Trinajstić information content (AvgIpc) is 3.64. The fraction of sp³-hybridized carbons (Fsp3) is 0.659. The smallest absolute Gasteiger partial charge is 0.329 e. The Morgan fingerprint density at radius 1 is 0.917 bits per heavy atom. The fourth-order valence-electron chi connectivity index (χ4n) is 7.61. The van der Waals surface area contributed by atoms with Crippen LogP contribution in [0.15, 0.2) is 24.3 Å². The van der Waals surface area contributed by atoms with Crippen molar-refractivity contribution in [2.75, 3.05) is 14.2 Å². The molecule has 3 saturated heterocycles. The molecule has 19 heteroatoms. The van der Waals surface area contributed by atoms with Crippen LogP contribution in [0.2, 0.25) is 0 Å². The van der Waals surface area contributed by atoms with Crippen molar-refractivity contribution < 1.29 is 58.0 Å². The number of fused-ring (bicyclic) bond motifs is 2. The lowest BCUT2D eigenvalue weighted by Crippen LogP contribution is -2.67. The zero-order valence-electron chi connectivity index (χ0n) is 35.6. The van der Waals surface area contributed by atoms with Gasteiger partial charge in [-0.05, 0) is 69.1 Å². The molecule has 0 unspecified atom stereocenters. The molecule has 0 radical (unpaired) electrons. The van der Waals surface area contributed by atoms with Crippen molar-refractivity contribution in [1.82, 2.24) is 36.4 Å². The maximum Gasteiger partial charge on any atom is 0.329 e. The Kier molecular flexibility index (Phi) is 16.4. The third-order valence-electron chi connectivity index (χ3n) is 11.4. The topological polar surface area (TPSA) is 262 Å². The number of carbonyl (C=O) groups excluding carboxylic acids is 8. The second kappa shape index (κ2) is 20.8. The molecule has 2 bridgehead atoms. The van der Waals surface area contributed by atoms with Crippen molar-refractivity contribution in [1.29, 1.82) is 0 Å². The molecule has 3 fully saturated rings. The monoisotopic (exact) mass is 843 g/mol. The van der Waals surface area contributed by atoms with Gasteiger partial charge >= 0.3 is 5.97 Å². The number of cyclic esters (lactones) is 1. The van der Waals surface area contributed by atoms with Crippen molar-refractivity contribution in [3.05, 3.63) is 29.8 Å². The molecule has 3 aliphatic rings. The molecule has 3 heterocycles. The summed E-state index contributed by atoms with van der Waals surface area (Å²) in [6.07, 6.45) is -4.14. The van der Waals surface area contributed by atoms with Gasteiger partial charge in [0, 0.05) is 19.9 Å². The minimum Gasteiger partial charge on any atom is -0.497 e. The molecule has 60 heavy (non-hydrogen) atoms. The number of likely N-dealkylation sites (N-methyl/N-ethyl adjacent to an activating group) is 1. The first kappa shape index (κ1) is 47.4. The van der Waals surface area contributed by atoms with E-state index in [4.69, 9.17) is 9.47 Å². The van der Waals surface area contributed by atoms with E-state index in [1.807, 2.05) is 0 Å². The van der Waals surface area contributed by atoms with Crippen LogP contribution >= 0.6 is 0 Å². The Balaban J connectivity index is 1.84. The van der Waals surface area contributed by atoms with Gasteiger partial charge in [-0.3, -0.25) is 33.6 Å². The summed E-state index contributed by atoms with van der Waals surface area (Å²) >= 11 is 0. The van der Waals surface area contributed by atoms with Gasteiger partial charge in [-0.2, -0.15) is 0 Å². The van der Waals surface area contributed by atoms with E-state index in [-0.39, 0.29) is 50.4 Å². The van der Waals surface area contributed by atoms with Gasteiger partial charge in [0.1, 0.15) is 60.4 Å². The number of rotatable bonds is 10. The summed E-state index contributed by atoms with van der Waals surface area (Å²) in [5.41, 5.74) is 0.578. The first-order valence-corrected chi connectivity index (χ1v) is 20.6. The van der Waals surface area contributed by atoms with Crippen molar-refractivity contribution >= 4 is 47.3 Å². The van der Waals surface area contributed by atoms with Crippen LogP contribution in [-0.4, -0.2) is 142 Å². The van der Waals surface area contributed by atoms with Crippen molar-refractivity contribution in [3.63, 3.8) is 0 Å². The Morgan fingerprint density at radius 2 is 1.58 bits per heavy atom. The molecule has 7 N–H and O–H groups in total. The molecule has 0 spiro atoms. The van der Waals surface area contributed by atoms with E-state index in [1.165, 1.54) is 28.0 Å². The first-order valence-electron chi connectivity index (χ1n) is 20.6. The zero-order valence-corrected chi connectivity index (χ0v) is 35.6. The number of piperidine rings is 1. The van der Waals surface area contributed by atoms with Crippen LogP contribution in [0.4, 0.5) is 0 Å². The van der Waals surface area contributed by atoms with Gasteiger partial charge in [0.25, 0.3) is 0 Å². The largest absolute Gasteiger partial charge is 0.497 e. The molecular formula is C41H61N7O12. The van der Waals surface area contributed by atoms with Gasteiger partial charge in [-0.25, -0.2) is 4.79 Å². The Morgan fingerprint density at radius 3 is 2.15 bits per heavy atom. The lowest BCUT2D eigenvalue weighted by molar-refractivity contribution is -0.170. The van der Waals surface area contributed by atoms with Crippen LogP contribution in [0.1, 0.15) is 85.6 Å². The fourth-order valence-corrected chi connectivity index (χ4v) is 7.61. The molecule has 0 aromatic heterocycles. The van der Waals surface area contributed by atoms with Crippen molar-refractivity contribution in [2.45, 2.75) is 147 Å². The summed E-state index contributed by atoms with van der Waals surface area (Å²) in [6.45, 7) is 9.68. The highest BCUT2D eigenvalue weighted by molar-refractivity contribution is 5.98. The molecule has 11 atom stereocenters. The van der Waals surface area contributed by atoms with Gasteiger partial charge in [0.2, 0.25) is 41.4 Å². The quantitative estimate of drug-likeness (QED) is 0.140. The highest BCUT2D eigenvalue weighted by atomic mass is 16.5. The molecule has 332 valence electrons. The minimum absolute atomic E-state index is 0.0561. The number of ether oxygens (including phenoxy) is 2. The molecule has 0 aliphatic carbocycles. The van der Waals surface area contributed by atoms with E-state index in [2.05, 4.69) is 26.6 Å². The third kappa shape index (κ3) is 11.5. The average molecular weight is 844 g/mol. The summed E-state index contributed by atoms with van der Waals surface area (Å²) in [7, 11) is 2.79. The molecule has 0 saturated carbocycles. The lowest BCUT2D eigenvalue weighted by atomic mass is 9.95. The van der Waals surface area contributed by atoms with Gasteiger partial charge in [-0.15, -0.1) is 0 Å². The standard InChI is InChI=1S/C41H61N7O12/c1-9-21(4)32-41(58)60-23(6)33(46-35(52)26-14-16-30(50)42-26)38(55)44-28(18-20(2)3)36(53)43-27-15-17-31(51)48(39(27)56)34(22(5)49)40(57)47(7)29(37(54)45-32)19-24-10-12-25(59-8)13-11-24/h10-13,20-23,26-29,31-34,49,51H,9,14-19H2,1-8H3,(H,42,50)(H,43,53)(H,44,55)(H,45,54)(H,46,52)/t21-,22-,23+,26-,27-,28-,29-,31+,32-,33-,34-/m0/s1. The van der Waals surface area contributed by atoms with E-state index in [1.54, 1.807) is 52.0 Å². The zero-order chi connectivity index (χ0) is 44.6. The number of nitrogens with zero attached hydrogens (tertiary/aromatic N) is 2. The highest BCUT2D eigenvalue weighted by Crippen LogP contribution is 2.25. The number of aliphatic hydroxyl groups is 2. The third-order valence-corrected chi connectivity index (χ3v) is 11.4. The van der Waals surface area contributed by atoms with Crippen molar-refractivity contribution in [3.8, 4) is 5.75 Å². The summed E-state index contributed by atoms with van der Waals surface area (Å²) in [5, 5.41) is 35.4. The molecule has 19 nitrogen and oxygen atoms in total.